The van der Waals surface area contributed by atoms with Crippen molar-refractivity contribution in [2.45, 2.75) is 6.54 Å². The van der Waals surface area contributed by atoms with Crippen LogP contribution >= 0.6 is 15.9 Å². The van der Waals surface area contributed by atoms with Gasteiger partial charge in [0.15, 0.2) is 6.61 Å². The summed E-state index contributed by atoms with van der Waals surface area (Å²) in [5, 5.41) is 11.3. The molecule has 0 unspecified atom stereocenters. The molecule has 0 radical (unpaired) electrons. The number of pyridine rings is 1. The molecule has 26 heavy (non-hydrogen) atoms. The van der Waals surface area contributed by atoms with Crippen molar-refractivity contribution in [3.05, 3.63) is 70.6 Å². The number of nitriles is 1. The standard InChI is InChI=1S/C19H15BrN4O2/c20-15-4-7-18-23-16(13-24(18)12-15)11-22-19(25)8-3-14-1-5-17(6-2-14)26-10-9-21/h1-8,12-13H,10-11H2,(H,22,25). The number of hydrogen-bond acceptors (Lipinski definition) is 4. The number of ether oxygens (including phenoxy) is 1. The van der Waals surface area contributed by atoms with Crippen LogP contribution in [0.1, 0.15) is 11.3 Å². The zero-order valence-corrected chi connectivity index (χ0v) is 15.3. The lowest BCUT2D eigenvalue weighted by molar-refractivity contribution is -0.116. The molecule has 0 aliphatic rings. The van der Waals surface area contributed by atoms with Crippen molar-refractivity contribution in [2.24, 2.45) is 0 Å². The number of halogens is 1. The fourth-order valence-electron chi connectivity index (χ4n) is 2.30. The number of hydrogen-bond donors (Lipinski definition) is 1. The van der Waals surface area contributed by atoms with Crippen LogP contribution in [0.2, 0.25) is 0 Å². The third-order valence-corrected chi connectivity index (χ3v) is 3.99. The Labute approximate surface area is 158 Å². The predicted molar refractivity (Wildman–Crippen MR) is 101 cm³/mol. The molecular weight excluding hydrogens is 396 g/mol. The van der Waals surface area contributed by atoms with Gasteiger partial charge < -0.3 is 14.5 Å². The van der Waals surface area contributed by atoms with Crippen LogP contribution in [0, 0.1) is 11.3 Å². The van der Waals surface area contributed by atoms with Gasteiger partial charge in [-0.05, 0) is 51.8 Å². The van der Waals surface area contributed by atoms with Crippen LogP contribution in [-0.2, 0) is 11.3 Å². The van der Waals surface area contributed by atoms with Crippen LogP contribution in [0.5, 0.6) is 5.75 Å². The van der Waals surface area contributed by atoms with Crippen LogP contribution in [0.25, 0.3) is 11.7 Å². The van der Waals surface area contributed by atoms with E-state index < -0.39 is 0 Å². The zero-order valence-electron chi connectivity index (χ0n) is 13.7. The van der Waals surface area contributed by atoms with Gasteiger partial charge in [0.2, 0.25) is 5.91 Å². The third kappa shape index (κ3) is 4.71. The van der Waals surface area contributed by atoms with Crippen LogP contribution < -0.4 is 10.1 Å². The van der Waals surface area contributed by atoms with Gasteiger partial charge in [-0.25, -0.2) is 4.98 Å². The predicted octanol–water partition coefficient (Wildman–Crippen LogP) is 3.33. The third-order valence-electron chi connectivity index (χ3n) is 3.52. The summed E-state index contributed by atoms with van der Waals surface area (Å²) in [5.41, 5.74) is 2.47. The highest BCUT2D eigenvalue weighted by Crippen LogP contribution is 2.14. The van der Waals surface area contributed by atoms with Gasteiger partial charge in [0.25, 0.3) is 0 Å². The summed E-state index contributed by atoms with van der Waals surface area (Å²) < 4.78 is 8.04. The van der Waals surface area contributed by atoms with Crippen molar-refractivity contribution >= 4 is 33.6 Å². The van der Waals surface area contributed by atoms with Crippen LogP contribution in [-0.4, -0.2) is 21.9 Å². The molecule has 3 aromatic rings. The van der Waals surface area contributed by atoms with Crippen molar-refractivity contribution in [3.63, 3.8) is 0 Å². The van der Waals surface area contributed by atoms with E-state index in [4.69, 9.17) is 10.00 Å². The molecule has 0 fully saturated rings. The van der Waals surface area contributed by atoms with E-state index in [0.717, 1.165) is 21.4 Å². The Morgan fingerprint density at radius 3 is 2.85 bits per heavy atom. The first-order valence-corrected chi connectivity index (χ1v) is 8.62. The number of aromatic nitrogens is 2. The largest absolute Gasteiger partial charge is 0.479 e. The Bertz CT molecular complexity index is 987. The molecule has 0 atom stereocenters. The van der Waals surface area contributed by atoms with Gasteiger partial charge in [-0.15, -0.1) is 0 Å². The quantitative estimate of drug-likeness (QED) is 0.632. The lowest BCUT2D eigenvalue weighted by atomic mass is 10.2. The smallest absolute Gasteiger partial charge is 0.244 e. The Balaban J connectivity index is 1.54. The number of nitrogens with one attached hydrogen (secondary N) is 1. The molecule has 1 aromatic carbocycles. The second-order valence-corrected chi connectivity index (χ2v) is 6.33. The molecule has 0 saturated carbocycles. The van der Waals surface area contributed by atoms with Crippen LogP contribution in [0.15, 0.2) is 59.3 Å². The number of carbonyl (C=O) groups excluding carboxylic acids is 1. The van der Waals surface area contributed by atoms with Gasteiger partial charge in [-0.2, -0.15) is 5.26 Å². The molecule has 0 bridgehead atoms. The summed E-state index contributed by atoms with van der Waals surface area (Å²) >= 11 is 3.41. The summed E-state index contributed by atoms with van der Waals surface area (Å²) in [6, 6.07) is 12.9. The molecule has 1 N–H and O–H groups in total. The fraction of sp³-hybridized carbons (Fsp3) is 0.105. The van der Waals surface area contributed by atoms with Gasteiger partial charge in [-0.3, -0.25) is 4.79 Å². The van der Waals surface area contributed by atoms with E-state index in [1.165, 1.54) is 6.08 Å². The molecule has 2 aromatic heterocycles. The maximum Gasteiger partial charge on any atom is 0.244 e. The minimum Gasteiger partial charge on any atom is -0.479 e. The van der Waals surface area contributed by atoms with E-state index in [0.29, 0.717) is 12.3 Å². The first-order chi connectivity index (χ1) is 12.6. The average Bonchev–Trinajstić information content (AvgIpc) is 3.06. The monoisotopic (exact) mass is 410 g/mol. The molecule has 1 amide bonds. The molecule has 0 aliphatic carbocycles. The minimum absolute atomic E-state index is 0.0115. The highest BCUT2D eigenvalue weighted by Gasteiger charge is 2.03. The van der Waals surface area contributed by atoms with E-state index >= 15 is 0 Å². The lowest BCUT2D eigenvalue weighted by Gasteiger charge is -2.01. The Morgan fingerprint density at radius 2 is 2.08 bits per heavy atom. The summed E-state index contributed by atoms with van der Waals surface area (Å²) in [5.74, 6) is 0.416. The van der Waals surface area contributed by atoms with Gasteiger partial charge in [-0.1, -0.05) is 12.1 Å². The van der Waals surface area contributed by atoms with Crippen molar-refractivity contribution < 1.29 is 9.53 Å². The van der Waals surface area contributed by atoms with Gasteiger partial charge >= 0.3 is 0 Å². The average molecular weight is 411 g/mol. The molecule has 3 rings (SSSR count). The Kier molecular flexibility index (Phi) is 5.66. The Hall–Kier alpha value is -3.11. The highest BCUT2D eigenvalue weighted by molar-refractivity contribution is 9.10. The summed E-state index contributed by atoms with van der Waals surface area (Å²) in [7, 11) is 0. The van der Waals surface area contributed by atoms with Crippen molar-refractivity contribution in [1.82, 2.24) is 14.7 Å². The first kappa shape index (κ1) is 17.7. The topological polar surface area (TPSA) is 79.4 Å². The Morgan fingerprint density at radius 1 is 1.27 bits per heavy atom. The number of imidazole rings is 1. The summed E-state index contributed by atoms with van der Waals surface area (Å²) in [4.78, 5) is 16.4. The minimum atomic E-state index is -0.201. The van der Waals surface area contributed by atoms with Gasteiger partial charge in [0, 0.05) is 22.9 Å². The maximum atomic E-state index is 12.0. The van der Waals surface area contributed by atoms with Crippen molar-refractivity contribution in [3.8, 4) is 11.8 Å². The number of benzene rings is 1. The van der Waals surface area contributed by atoms with E-state index in [1.807, 2.05) is 47.1 Å². The van der Waals surface area contributed by atoms with E-state index in [-0.39, 0.29) is 12.5 Å². The van der Waals surface area contributed by atoms with Crippen molar-refractivity contribution in [1.29, 1.82) is 5.26 Å². The SMILES string of the molecule is N#CCOc1ccc(C=CC(=O)NCc2cn3cc(Br)ccc3n2)cc1. The fourth-order valence-corrected chi connectivity index (χ4v) is 2.65. The molecule has 6 nitrogen and oxygen atoms in total. The lowest BCUT2D eigenvalue weighted by Crippen LogP contribution is -2.20. The number of carbonyl (C=O) groups is 1. The van der Waals surface area contributed by atoms with E-state index in [2.05, 4.69) is 26.2 Å². The van der Waals surface area contributed by atoms with E-state index in [9.17, 15) is 4.79 Å². The zero-order chi connectivity index (χ0) is 18.4. The van der Waals surface area contributed by atoms with E-state index in [1.54, 1.807) is 18.2 Å². The molecular formula is C19H15BrN4O2. The number of fused-ring (bicyclic) bond motifs is 1. The summed E-state index contributed by atoms with van der Waals surface area (Å²) in [6.45, 7) is 0.362. The second-order valence-electron chi connectivity index (χ2n) is 5.41. The molecule has 0 saturated heterocycles. The van der Waals surface area contributed by atoms with Crippen LogP contribution in [0.3, 0.4) is 0 Å². The molecule has 0 spiro atoms. The number of rotatable bonds is 6. The van der Waals surface area contributed by atoms with Gasteiger partial charge in [0.1, 0.15) is 17.5 Å². The van der Waals surface area contributed by atoms with Crippen molar-refractivity contribution in [2.75, 3.05) is 6.61 Å². The second kappa shape index (κ2) is 8.32. The highest BCUT2D eigenvalue weighted by atomic mass is 79.9. The molecule has 0 aliphatic heterocycles. The number of amides is 1. The first-order valence-electron chi connectivity index (χ1n) is 7.83. The molecule has 2 heterocycles. The molecule has 130 valence electrons. The normalized spacial score (nSPS) is 10.8. The van der Waals surface area contributed by atoms with Crippen LogP contribution in [0.4, 0.5) is 0 Å². The molecule has 7 heteroatoms. The summed E-state index contributed by atoms with van der Waals surface area (Å²) in [6.07, 6.45) is 6.98. The number of nitrogens with zero attached hydrogens (tertiary/aromatic N) is 3. The van der Waals surface area contributed by atoms with Gasteiger partial charge in [0.05, 0.1) is 12.2 Å². The maximum absolute atomic E-state index is 12.0.